The van der Waals surface area contributed by atoms with E-state index in [1.807, 2.05) is 68.4 Å². The Bertz CT molecular complexity index is 1200. The number of nitrogens with one attached hydrogen (secondary N) is 1. The minimum Gasteiger partial charge on any atom is -0.426 e. The van der Waals surface area contributed by atoms with Gasteiger partial charge in [0, 0.05) is 17.3 Å². The summed E-state index contributed by atoms with van der Waals surface area (Å²) in [5, 5.41) is 13.3. The molecule has 1 heterocycles. The molecule has 0 unspecified atom stereocenters. The van der Waals surface area contributed by atoms with Gasteiger partial charge in [0.05, 0.1) is 5.52 Å². The van der Waals surface area contributed by atoms with Crippen LogP contribution in [0.4, 0.5) is 5.69 Å². The van der Waals surface area contributed by atoms with Crippen LogP contribution < -0.4 is 5.32 Å². The van der Waals surface area contributed by atoms with E-state index >= 15 is 0 Å². The Labute approximate surface area is 168 Å². The number of amides is 1. The first kappa shape index (κ1) is 18.5. The molecule has 0 atom stereocenters. The molecule has 4 aromatic rings. The molecule has 0 radical (unpaired) electrons. The highest BCUT2D eigenvalue weighted by molar-refractivity contribution is 6.02. The molecule has 0 aliphatic carbocycles. The number of carbonyl (C=O) groups is 1. The van der Waals surface area contributed by atoms with E-state index in [1.165, 1.54) is 11.6 Å². The quantitative estimate of drug-likeness (QED) is 0.375. The van der Waals surface area contributed by atoms with Crippen molar-refractivity contribution in [2.75, 3.05) is 5.32 Å². The SMILES string of the molecule is Cc1ccc(C=CC(=O)Nc2ccc(-c3nc4ccc(C)cc4n3O)cc2)cc1. The highest BCUT2D eigenvalue weighted by Crippen LogP contribution is 2.25. The van der Waals surface area contributed by atoms with Crippen molar-refractivity contribution in [1.82, 2.24) is 9.71 Å². The van der Waals surface area contributed by atoms with Crippen molar-refractivity contribution in [1.29, 1.82) is 0 Å². The molecule has 5 nitrogen and oxygen atoms in total. The predicted molar refractivity (Wildman–Crippen MR) is 116 cm³/mol. The number of aryl methyl sites for hydroxylation is 2. The first-order valence-electron chi connectivity index (χ1n) is 9.34. The Morgan fingerprint density at radius 1 is 0.966 bits per heavy atom. The third-order valence-corrected chi connectivity index (χ3v) is 4.70. The lowest BCUT2D eigenvalue weighted by molar-refractivity contribution is -0.111. The maximum atomic E-state index is 12.2. The van der Waals surface area contributed by atoms with E-state index < -0.39 is 0 Å². The van der Waals surface area contributed by atoms with Crippen LogP contribution in [-0.2, 0) is 4.79 Å². The Balaban J connectivity index is 1.48. The zero-order valence-corrected chi connectivity index (χ0v) is 16.3. The van der Waals surface area contributed by atoms with Crippen molar-refractivity contribution in [2.45, 2.75) is 13.8 Å². The number of carbonyl (C=O) groups excluding carboxylic acids is 1. The van der Waals surface area contributed by atoms with Crippen LogP contribution in [-0.4, -0.2) is 20.8 Å². The van der Waals surface area contributed by atoms with Crippen molar-refractivity contribution in [3.63, 3.8) is 0 Å². The fraction of sp³-hybridized carbons (Fsp3) is 0.0833. The summed E-state index contributed by atoms with van der Waals surface area (Å²) in [6.07, 6.45) is 3.29. The number of fused-ring (bicyclic) bond motifs is 1. The van der Waals surface area contributed by atoms with Crippen LogP contribution in [0.5, 0.6) is 0 Å². The molecule has 0 saturated carbocycles. The molecule has 0 bridgehead atoms. The van der Waals surface area contributed by atoms with Crippen LogP contribution >= 0.6 is 0 Å². The van der Waals surface area contributed by atoms with Gasteiger partial charge in [0.1, 0.15) is 5.52 Å². The summed E-state index contributed by atoms with van der Waals surface area (Å²) in [5.74, 6) is 0.256. The van der Waals surface area contributed by atoms with E-state index in [9.17, 15) is 10.0 Å². The van der Waals surface area contributed by atoms with Gasteiger partial charge in [-0.15, -0.1) is 0 Å². The smallest absolute Gasteiger partial charge is 0.248 e. The van der Waals surface area contributed by atoms with Crippen molar-refractivity contribution in [3.05, 3.63) is 89.5 Å². The Hall–Kier alpha value is -3.86. The van der Waals surface area contributed by atoms with Crippen molar-refractivity contribution in [2.24, 2.45) is 0 Å². The molecule has 29 heavy (non-hydrogen) atoms. The number of aromatic nitrogens is 2. The minimum absolute atomic E-state index is 0.205. The van der Waals surface area contributed by atoms with Crippen LogP contribution in [0.3, 0.4) is 0 Å². The summed E-state index contributed by atoms with van der Waals surface area (Å²) in [6, 6.07) is 20.9. The van der Waals surface area contributed by atoms with E-state index in [0.717, 1.165) is 26.9 Å². The molecule has 144 valence electrons. The van der Waals surface area contributed by atoms with Crippen molar-refractivity contribution >= 4 is 28.7 Å². The number of benzene rings is 3. The number of hydrogen-bond acceptors (Lipinski definition) is 3. The summed E-state index contributed by atoms with van der Waals surface area (Å²) >= 11 is 0. The van der Waals surface area contributed by atoms with Gasteiger partial charge in [-0.2, -0.15) is 4.73 Å². The largest absolute Gasteiger partial charge is 0.426 e. The van der Waals surface area contributed by atoms with E-state index in [-0.39, 0.29) is 5.91 Å². The van der Waals surface area contributed by atoms with E-state index in [1.54, 1.807) is 18.2 Å². The topological polar surface area (TPSA) is 67.2 Å². The molecule has 0 aliphatic rings. The van der Waals surface area contributed by atoms with Crippen molar-refractivity contribution in [3.8, 4) is 11.4 Å². The van der Waals surface area contributed by atoms with Gasteiger partial charge in [0.25, 0.3) is 0 Å². The molecule has 3 aromatic carbocycles. The van der Waals surface area contributed by atoms with Crippen LogP contribution in [0.25, 0.3) is 28.5 Å². The lowest BCUT2D eigenvalue weighted by Gasteiger charge is -2.05. The molecule has 0 saturated heterocycles. The van der Waals surface area contributed by atoms with Gasteiger partial charge < -0.3 is 10.5 Å². The Kier molecular flexibility index (Phi) is 4.87. The minimum atomic E-state index is -0.205. The predicted octanol–water partition coefficient (Wildman–Crippen LogP) is 5.21. The van der Waals surface area contributed by atoms with Crippen molar-refractivity contribution < 1.29 is 10.0 Å². The molecule has 2 N–H and O–H groups in total. The number of imidazole rings is 1. The number of hydrogen-bond donors (Lipinski definition) is 2. The fourth-order valence-corrected chi connectivity index (χ4v) is 3.10. The molecular weight excluding hydrogens is 362 g/mol. The number of rotatable bonds is 4. The molecule has 1 aromatic heterocycles. The van der Waals surface area contributed by atoms with Gasteiger partial charge in [-0.05, 0) is 67.4 Å². The van der Waals surface area contributed by atoms with Crippen LogP contribution in [0.1, 0.15) is 16.7 Å². The molecule has 4 rings (SSSR count). The Morgan fingerprint density at radius 3 is 2.38 bits per heavy atom. The zero-order chi connectivity index (χ0) is 20.4. The lowest BCUT2D eigenvalue weighted by Crippen LogP contribution is -2.07. The lowest BCUT2D eigenvalue weighted by atomic mass is 10.1. The maximum absolute atomic E-state index is 12.2. The standard InChI is InChI=1S/C24H21N3O2/c1-16-3-6-18(7-4-16)8-14-23(28)25-20-11-9-19(10-12-20)24-26-21-13-5-17(2)15-22(21)27(24)29/h3-15,29H,1-2H3,(H,25,28). The van der Waals surface area contributed by atoms with Crippen LogP contribution in [0, 0.1) is 13.8 Å². The third-order valence-electron chi connectivity index (χ3n) is 4.70. The Morgan fingerprint density at radius 2 is 1.66 bits per heavy atom. The van der Waals surface area contributed by atoms with Gasteiger partial charge in [0.15, 0.2) is 5.82 Å². The molecule has 5 heteroatoms. The van der Waals surface area contributed by atoms with Gasteiger partial charge in [-0.1, -0.05) is 35.9 Å². The second kappa shape index (κ2) is 7.64. The third kappa shape index (κ3) is 4.04. The molecule has 0 aliphatic heterocycles. The molecule has 0 fully saturated rings. The van der Waals surface area contributed by atoms with Crippen LogP contribution in [0.2, 0.25) is 0 Å². The summed E-state index contributed by atoms with van der Waals surface area (Å²) in [7, 11) is 0. The summed E-state index contributed by atoms with van der Waals surface area (Å²) in [5.41, 5.74) is 6.02. The molecule has 0 spiro atoms. The van der Waals surface area contributed by atoms with Crippen LogP contribution in [0.15, 0.2) is 72.8 Å². The second-order valence-corrected chi connectivity index (χ2v) is 7.05. The highest BCUT2D eigenvalue weighted by atomic mass is 16.5. The average Bonchev–Trinajstić information content (AvgIpc) is 3.04. The number of anilines is 1. The van der Waals surface area contributed by atoms with Gasteiger partial charge in [-0.25, -0.2) is 4.98 Å². The zero-order valence-electron chi connectivity index (χ0n) is 16.3. The maximum Gasteiger partial charge on any atom is 0.248 e. The first-order chi connectivity index (χ1) is 14.0. The monoisotopic (exact) mass is 383 g/mol. The summed E-state index contributed by atoms with van der Waals surface area (Å²) in [4.78, 5) is 16.7. The summed E-state index contributed by atoms with van der Waals surface area (Å²) < 4.78 is 1.10. The van der Waals surface area contributed by atoms with Gasteiger partial charge in [-0.3, -0.25) is 4.79 Å². The van der Waals surface area contributed by atoms with E-state index in [4.69, 9.17) is 0 Å². The molecule has 1 amide bonds. The second-order valence-electron chi connectivity index (χ2n) is 7.05. The average molecular weight is 383 g/mol. The van der Waals surface area contributed by atoms with E-state index in [2.05, 4.69) is 10.3 Å². The fourth-order valence-electron chi connectivity index (χ4n) is 3.10. The molecular formula is C24H21N3O2. The van der Waals surface area contributed by atoms with E-state index in [0.29, 0.717) is 17.0 Å². The number of nitrogens with zero attached hydrogens (tertiary/aromatic N) is 2. The van der Waals surface area contributed by atoms with Gasteiger partial charge >= 0.3 is 0 Å². The summed E-state index contributed by atoms with van der Waals surface area (Å²) in [6.45, 7) is 3.99. The highest BCUT2D eigenvalue weighted by Gasteiger charge is 2.12. The normalized spacial score (nSPS) is 11.2. The first-order valence-corrected chi connectivity index (χ1v) is 9.34. The van der Waals surface area contributed by atoms with Gasteiger partial charge in [0.2, 0.25) is 5.91 Å².